The van der Waals surface area contributed by atoms with Gasteiger partial charge in [-0.2, -0.15) is 5.10 Å². The van der Waals surface area contributed by atoms with E-state index in [0.29, 0.717) is 6.42 Å². The Labute approximate surface area is 107 Å². The first-order chi connectivity index (χ1) is 8.50. The third-order valence-corrected chi connectivity index (χ3v) is 3.30. The lowest BCUT2D eigenvalue weighted by atomic mass is 9.79. The van der Waals surface area contributed by atoms with E-state index in [1.54, 1.807) is 4.68 Å². The zero-order valence-corrected chi connectivity index (χ0v) is 11.1. The minimum atomic E-state index is -0.473. The van der Waals surface area contributed by atoms with Crippen molar-refractivity contribution in [1.82, 2.24) is 9.78 Å². The topological polar surface area (TPSA) is 34.9 Å². The zero-order valence-electron chi connectivity index (χ0n) is 11.1. The van der Waals surface area contributed by atoms with Crippen LogP contribution in [0.15, 0.2) is 42.6 Å². The number of aromatic nitrogens is 2. The second kappa shape index (κ2) is 4.77. The monoisotopic (exact) mass is 242 g/mol. The molecule has 1 heterocycles. The Morgan fingerprint density at radius 3 is 2.44 bits per heavy atom. The van der Waals surface area contributed by atoms with Crippen molar-refractivity contribution in [3.63, 3.8) is 0 Å². The lowest BCUT2D eigenvalue weighted by molar-refractivity contribution is -0.122. The van der Waals surface area contributed by atoms with E-state index in [9.17, 15) is 4.79 Å². The second-order valence-electron chi connectivity index (χ2n) is 5.07. The predicted molar refractivity (Wildman–Crippen MR) is 71.4 cm³/mol. The molecular weight excluding hydrogens is 224 g/mol. The van der Waals surface area contributed by atoms with Crippen molar-refractivity contribution in [2.45, 2.75) is 25.7 Å². The summed E-state index contributed by atoms with van der Waals surface area (Å²) in [6.45, 7) is 3.93. The number of hydrogen-bond donors (Lipinski definition) is 0. The number of carbonyl (C=O) groups is 1. The van der Waals surface area contributed by atoms with Crippen molar-refractivity contribution in [2.24, 2.45) is 7.05 Å². The first-order valence-electron chi connectivity index (χ1n) is 6.07. The van der Waals surface area contributed by atoms with Crippen LogP contribution in [0.1, 0.15) is 25.1 Å². The number of Topliss-reactive ketones (excluding diaryl/α,β-unsaturated/α-hetero) is 1. The molecule has 0 saturated heterocycles. The molecule has 0 unspecified atom stereocenters. The lowest BCUT2D eigenvalue weighted by Gasteiger charge is -2.23. The summed E-state index contributed by atoms with van der Waals surface area (Å²) < 4.78 is 1.72. The molecule has 0 saturated carbocycles. The molecule has 2 rings (SSSR count). The molecule has 0 atom stereocenters. The van der Waals surface area contributed by atoms with Gasteiger partial charge in [0.05, 0.1) is 12.1 Å². The van der Waals surface area contributed by atoms with Gasteiger partial charge < -0.3 is 0 Å². The van der Waals surface area contributed by atoms with Gasteiger partial charge in [-0.3, -0.25) is 9.48 Å². The Morgan fingerprint density at radius 1 is 1.22 bits per heavy atom. The van der Waals surface area contributed by atoms with Gasteiger partial charge >= 0.3 is 0 Å². The summed E-state index contributed by atoms with van der Waals surface area (Å²) in [6.07, 6.45) is 2.24. The van der Waals surface area contributed by atoms with Crippen LogP contribution in [0.25, 0.3) is 0 Å². The average Bonchev–Trinajstić information content (AvgIpc) is 2.76. The maximum absolute atomic E-state index is 12.4. The van der Waals surface area contributed by atoms with E-state index in [4.69, 9.17) is 0 Å². The summed E-state index contributed by atoms with van der Waals surface area (Å²) in [4.78, 5) is 12.4. The molecule has 0 fully saturated rings. The first kappa shape index (κ1) is 12.6. The van der Waals surface area contributed by atoms with Gasteiger partial charge in [-0.1, -0.05) is 30.3 Å². The van der Waals surface area contributed by atoms with Crippen molar-refractivity contribution >= 4 is 5.78 Å². The Hall–Kier alpha value is -1.90. The number of ketones is 1. The molecule has 18 heavy (non-hydrogen) atoms. The van der Waals surface area contributed by atoms with Crippen molar-refractivity contribution in [1.29, 1.82) is 0 Å². The molecule has 0 radical (unpaired) electrons. The van der Waals surface area contributed by atoms with E-state index >= 15 is 0 Å². The van der Waals surface area contributed by atoms with Crippen LogP contribution in [-0.4, -0.2) is 15.6 Å². The van der Waals surface area contributed by atoms with Gasteiger partial charge in [0.25, 0.3) is 0 Å². The number of nitrogens with zero attached hydrogens (tertiary/aromatic N) is 2. The number of rotatable bonds is 4. The quantitative estimate of drug-likeness (QED) is 0.825. The van der Waals surface area contributed by atoms with E-state index < -0.39 is 5.41 Å². The van der Waals surface area contributed by atoms with E-state index in [-0.39, 0.29) is 5.78 Å². The molecule has 0 aliphatic carbocycles. The van der Waals surface area contributed by atoms with Crippen molar-refractivity contribution in [2.75, 3.05) is 0 Å². The Balaban J connectivity index is 2.18. The van der Waals surface area contributed by atoms with Gasteiger partial charge in [-0.15, -0.1) is 0 Å². The molecular formula is C15H18N2O. The number of carbonyl (C=O) groups excluding carboxylic acids is 1. The Bertz CT molecular complexity index is 541. The zero-order chi connectivity index (χ0) is 13.2. The van der Waals surface area contributed by atoms with Crippen LogP contribution in [0.2, 0.25) is 0 Å². The maximum Gasteiger partial charge on any atom is 0.148 e. The van der Waals surface area contributed by atoms with Crippen LogP contribution >= 0.6 is 0 Å². The van der Waals surface area contributed by atoms with Gasteiger partial charge in [0.2, 0.25) is 0 Å². The number of aryl methyl sites for hydroxylation is 1. The summed E-state index contributed by atoms with van der Waals surface area (Å²) in [5.74, 6) is 0.187. The summed E-state index contributed by atoms with van der Waals surface area (Å²) >= 11 is 0. The molecule has 0 amide bonds. The molecule has 94 valence electrons. The lowest BCUT2D eigenvalue weighted by Crippen LogP contribution is -2.30. The van der Waals surface area contributed by atoms with Crippen LogP contribution in [-0.2, 0) is 23.7 Å². The highest BCUT2D eigenvalue weighted by Crippen LogP contribution is 2.25. The van der Waals surface area contributed by atoms with E-state index in [0.717, 1.165) is 11.3 Å². The van der Waals surface area contributed by atoms with E-state index in [2.05, 4.69) is 5.10 Å². The SMILES string of the molecule is Cn1ccc(CC(=O)C(C)(C)c2ccccc2)n1. The molecule has 0 spiro atoms. The molecule has 0 N–H and O–H groups in total. The van der Waals surface area contributed by atoms with Crippen molar-refractivity contribution in [3.8, 4) is 0 Å². The highest BCUT2D eigenvalue weighted by Gasteiger charge is 2.29. The van der Waals surface area contributed by atoms with Crippen LogP contribution in [0.3, 0.4) is 0 Å². The molecule has 1 aromatic carbocycles. The van der Waals surface area contributed by atoms with Gasteiger partial charge in [-0.25, -0.2) is 0 Å². The maximum atomic E-state index is 12.4. The fourth-order valence-electron chi connectivity index (χ4n) is 1.96. The first-order valence-corrected chi connectivity index (χ1v) is 6.07. The summed E-state index contributed by atoms with van der Waals surface area (Å²) in [5.41, 5.74) is 1.40. The Kier molecular flexibility index (Phi) is 3.32. The summed E-state index contributed by atoms with van der Waals surface area (Å²) in [7, 11) is 1.86. The molecule has 1 aromatic heterocycles. The van der Waals surface area contributed by atoms with Crippen molar-refractivity contribution in [3.05, 3.63) is 53.9 Å². The van der Waals surface area contributed by atoms with Crippen molar-refractivity contribution < 1.29 is 4.79 Å². The third-order valence-electron chi connectivity index (χ3n) is 3.30. The number of benzene rings is 1. The predicted octanol–water partition coefficient (Wildman–Crippen LogP) is 2.51. The Morgan fingerprint density at radius 2 is 1.89 bits per heavy atom. The average molecular weight is 242 g/mol. The fourth-order valence-corrected chi connectivity index (χ4v) is 1.96. The molecule has 0 aliphatic rings. The van der Waals surface area contributed by atoms with Crippen LogP contribution in [0, 0.1) is 0 Å². The molecule has 0 aliphatic heterocycles. The van der Waals surface area contributed by atoms with Gasteiger partial charge in [0.15, 0.2) is 0 Å². The minimum absolute atomic E-state index is 0.187. The van der Waals surface area contributed by atoms with Crippen LogP contribution in [0.4, 0.5) is 0 Å². The van der Waals surface area contributed by atoms with E-state index in [1.165, 1.54) is 0 Å². The second-order valence-corrected chi connectivity index (χ2v) is 5.07. The van der Waals surface area contributed by atoms with Gasteiger partial charge in [0.1, 0.15) is 5.78 Å². The largest absolute Gasteiger partial charge is 0.298 e. The fraction of sp³-hybridized carbons (Fsp3) is 0.333. The molecule has 2 aromatic rings. The highest BCUT2D eigenvalue weighted by atomic mass is 16.1. The minimum Gasteiger partial charge on any atom is -0.298 e. The summed E-state index contributed by atoms with van der Waals surface area (Å²) in [6, 6.07) is 11.8. The molecule has 0 bridgehead atoms. The normalized spacial score (nSPS) is 11.5. The van der Waals surface area contributed by atoms with Crippen LogP contribution < -0.4 is 0 Å². The van der Waals surface area contributed by atoms with Gasteiger partial charge in [-0.05, 0) is 25.5 Å². The van der Waals surface area contributed by atoms with Gasteiger partial charge in [0, 0.05) is 18.7 Å². The van der Waals surface area contributed by atoms with E-state index in [1.807, 2.05) is 63.5 Å². The third kappa shape index (κ3) is 2.50. The standard InChI is InChI=1S/C15H18N2O/c1-15(2,12-7-5-4-6-8-12)14(18)11-13-9-10-17(3)16-13/h4-10H,11H2,1-3H3. The smallest absolute Gasteiger partial charge is 0.148 e. The highest BCUT2D eigenvalue weighted by molar-refractivity contribution is 5.90. The number of hydrogen-bond acceptors (Lipinski definition) is 2. The molecule has 3 nitrogen and oxygen atoms in total. The van der Waals surface area contributed by atoms with Crippen LogP contribution in [0.5, 0.6) is 0 Å². The molecule has 3 heteroatoms. The summed E-state index contributed by atoms with van der Waals surface area (Å²) in [5, 5.41) is 4.25.